The van der Waals surface area contributed by atoms with Crippen LogP contribution in [0.2, 0.25) is 0 Å². The SMILES string of the molecule is N=C1NCc2cc(NC(=O)[C@H](O)CC(=O)N(CCO)c3cc4ccc(=O)[nH]c4cc3OC(F)F)ccc21. The number of amidine groups is 1. The predicted molar refractivity (Wildman–Crippen MR) is 130 cm³/mol. The van der Waals surface area contributed by atoms with E-state index in [1.165, 1.54) is 18.2 Å². The van der Waals surface area contributed by atoms with Crippen LogP contribution in [0.3, 0.4) is 0 Å². The van der Waals surface area contributed by atoms with E-state index in [9.17, 15) is 33.4 Å². The molecule has 37 heavy (non-hydrogen) atoms. The van der Waals surface area contributed by atoms with Gasteiger partial charge in [0.25, 0.3) is 5.91 Å². The first kappa shape index (κ1) is 25.7. The first-order valence-corrected chi connectivity index (χ1v) is 11.1. The molecule has 1 aromatic heterocycles. The molecule has 194 valence electrons. The van der Waals surface area contributed by atoms with Crippen LogP contribution in [0.1, 0.15) is 17.5 Å². The second kappa shape index (κ2) is 10.7. The van der Waals surface area contributed by atoms with Crippen LogP contribution in [-0.4, -0.2) is 58.7 Å². The molecule has 0 saturated heterocycles. The number of pyridine rings is 1. The number of hydrogen-bond acceptors (Lipinski definition) is 7. The fourth-order valence-electron chi connectivity index (χ4n) is 3.99. The van der Waals surface area contributed by atoms with Crippen molar-refractivity contribution in [2.45, 2.75) is 25.7 Å². The van der Waals surface area contributed by atoms with Gasteiger partial charge in [0.05, 0.1) is 24.2 Å². The van der Waals surface area contributed by atoms with Crippen LogP contribution in [0.4, 0.5) is 20.2 Å². The third kappa shape index (κ3) is 5.73. The molecule has 0 spiro atoms. The third-order valence-corrected chi connectivity index (χ3v) is 5.70. The molecule has 11 nitrogen and oxygen atoms in total. The topological polar surface area (TPSA) is 168 Å². The van der Waals surface area contributed by atoms with Crippen molar-refractivity contribution in [3.05, 3.63) is 63.9 Å². The average molecular weight is 515 g/mol. The van der Waals surface area contributed by atoms with E-state index < -0.39 is 48.9 Å². The molecule has 2 heterocycles. The number of rotatable bonds is 9. The summed E-state index contributed by atoms with van der Waals surface area (Å²) in [5, 5.41) is 33.4. The molecule has 0 aliphatic carbocycles. The summed E-state index contributed by atoms with van der Waals surface area (Å²) in [5.41, 5.74) is 1.40. The highest BCUT2D eigenvalue weighted by Crippen LogP contribution is 2.34. The van der Waals surface area contributed by atoms with E-state index in [4.69, 9.17) is 5.41 Å². The van der Waals surface area contributed by atoms with Gasteiger partial charge in [0.1, 0.15) is 11.9 Å². The largest absolute Gasteiger partial charge is 0.433 e. The monoisotopic (exact) mass is 515 g/mol. The molecule has 2 amide bonds. The van der Waals surface area contributed by atoms with Gasteiger partial charge in [-0.15, -0.1) is 0 Å². The Hall–Kier alpha value is -4.36. The molecule has 0 radical (unpaired) electrons. The van der Waals surface area contributed by atoms with Crippen LogP contribution < -0.4 is 25.8 Å². The Kier molecular flexibility index (Phi) is 7.45. The van der Waals surface area contributed by atoms with Gasteiger partial charge in [0.15, 0.2) is 5.75 Å². The molecule has 3 aromatic rings. The summed E-state index contributed by atoms with van der Waals surface area (Å²) in [6.07, 6.45) is -2.52. The average Bonchev–Trinajstić information content (AvgIpc) is 3.21. The Labute approximate surface area is 208 Å². The number of alkyl halides is 2. The number of ether oxygens (including phenoxy) is 1. The number of anilines is 2. The second-order valence-electron chi connectivity index (χ2n) is 8.19. The van der Waals surface area contributed by atoms with Gasteiger partial charge in [-0.1, -0.05) is 0 Å². The lowest BCUT2D eigenvalue weighted by Crippen LogP contribution is -2.39. The van der Waals surface area contributed by atoms with Gasteiger partial charge in [-0.2, -0.15) is 8.78 Å². The number of carbonyl (C=O) groups is 2. The lowest BCUT2D eigenvalue weighted by atomic mass is 10.1. The zero-order valence-corrected chi connectivity index (χ0v) is 19.3. The number of nitrogens with zero attached hydrogens (tertiary/aromatic N) is 1. The Balaban J connectivity index is 1.55. The van der Waals surface area contributed by atoms with Gasteiger partial charge in [-0.25, -0.2) is 0 Å². The molecule has 0 saturated carbocycles. The summed E-state index contributed by atoms with van der Waals surface area (Å²) in [4.78, 5) is 40.6. The van der Waals surface area contributed by atoms with Crippen molar-refractivity contribution in [2.75, 3.05) is 23.4 Å². The van der Waals surface area contributed by atoms with E-state index in [0.29, 0.717) is 23.2 Å². The van der Waals surface area contributed by atoms with E-state index in [1.54, 1.807) is 18.2 Å². The first-order valence-electron chi connectivity index (χ1n) is 11.1. The molecule has 2 aromatic carbocycles. The van der Waals surface area contributed by atoms with Crippen LogP contribution in [0.5, 0.6) is 5.75 Å². The number of benzene rings is 2. The quantitative estimate of drug-likeness (QED) is 0.249. The van der Waals surface area contributed by atoms with Crippen LogP contribution >= 0.6 is 0 Å². The van der Waals surface area contributed by atoms with Crippen LogP contribution in [0.15, 0.2) is 47.3 Å². The van der Waals surface area contributed by atoms with Crippen molar-refractivity contribution in [3.63, 3.8) is 0 Å². The Morgan fingerprint density at radius 2 is 1.97 bits per heavy atom. The molecule has 4 rings (SSSR count). The van der Waals surface area contributed by atoms with Crippen molar-refractivity contribution >= 4 is 39.9 Å². The molecule has 6 N–H and O–H groups in total. The minimum atomic E-state index is -3.25. The van der Waals surface area contributed by atoms with Gasteiger partial charge in [-0.3, -0.25) is 19.8 Å². The maximum atomic E-state index is 13.1. The summed E-state index contributed by atoms with van der Waals surface area (Å²) in [5.74, 6) is -1.90. The summed E-state index contributed by atoms with van der Waals surface area (Å²) < 4.78 is 30.8. The van der Waals surface area contributed by atoms with Gasteiger partial charge < -0.3 is 35.5 Å². The van der Waals surface area contributed by atoms with Gasteiger partial charge >= 0.3 is 6.61 Å². The smallest absolute Gasteiger partial charge is 0.387 e. The number of aliphatic hydroxyl groups is 2. The summed E-state index contributed by atoms with van der Waals surface area (Å²) in [6.45, 7) is -3.73. The molecule has 1 aliphatic rings. The number of carbonyl (C=O) groups excluding carboxylic acids is 2. The van der Waals surface area contributed by atoms with Crippen molar-refractivity contribution in [1.29, 1.82) is 5.41 Å². The van der Waals surface area contributed by atoms with Gasteiger partial charge in [0, 0.05) is 41.9 Å². The zero-order valence-electron chi connectivity index (χ0n) is 19.3. The molecular formula is C24H23F2N5O6. The lowest BCUT2D eigenvalue weighted by molar-refractivity contribution is -0.130. The lowest BCUT2D eigenvalue weighted by Gasteiger charge is -2.25. The highest BCUT2D eigenvalue weighted by Gasteiger charge is 2.27. The number of aromatic nitrogens is 1. The third-order valence-electron chi connectivity index (χ3n) is 5.70. The molecule has 0 unspecified atom stereocenters. The van der Waals surface area contributed by atoms with Crippen LogP contribution in [0, 0.1) is 5.41 Å². The van der Waals surface area contributed by atoms with Gasteiger partial charge in [-0.05, 0) is 35.9 Å². The maximum Gasteiger partial charge on any atom is 0.387 e. The summed E-state index contributed by atoms with van der Waals surface area (Å²) in [7, 11) is 0. The van der Waals surface area contributed by atoms with E-state index in [0.717, 1.165) is 16.5 Å². The number of halogens is 2. The highest BCUT2D eigenvalue weighted by molar-refractivity contribution is 6.03. The van der Waals surface area contributed by atoms with Crippen molar-refractivity contribution < 1.29 is 33.3 Å². The van der Waals surface area contributed by atoms with Crippen molar-refractivity contribution in [2.24, 2.45) is 0 Å². The Morgan fingerprint density at radius 1 is 1.19 bits per heavy atom. The molecule has 0 fully saturated rings. The van der Waals surface area contributed by atoms with E-state index >= 15 is 0 Å². The van der Waals surface area contributed by atoms with Crippen LogP contribution in [-0.2, 0) is 16.1 Å². The highest BCUT2D eigenvalue weighted by atomic mass is 19.3. The molecular weight excluding hydrogens is 492 g/mol. The standard InChI is InChI=1S/C24H23F2N5O6/c25-24(26)37-19-9-16-12(1-4-20(34)30-16)8-17(19)31(5-6-32)21(35)10-18(33)23(36)29-14-2-3-15-13(7-14)11-28-22(15)27/h1-4,7-9,18,24,32-33H,5-6,10-11H2,(H2,27,28)(H,29,36)(H,30,34)/t18-/m1/s1. The number of hydrogen-bond donors (Lipinski definition) is 6. The summed E-state index contributed by atoms with van der Waals surface area (Å²) in [6, 6.07) is 9.91. The summed E-state index contributed by atoms with van der Waals surface area (Å²) >= 11 is 0. The van der Waals surface area contributed by atoms with E-state index in [-0.39, 0.29) is 23.6 Å². The fraction of sp³-hybridized carbons (Fsp3) is 0.250. The number of aromatic amines is 1. The number of aliphatic hydroxyl groups excluding tert-OH is 2. The fourth-order valence-corrected chi connectivity index (χ4v) is 3.99. The molecule has 1 aliphatic heterocycles. The zero-order chi connectivity index (χ0) is 26.7. The van der Waals surface area contributed by atoms with Crippen molar-refractivity contribution in [1.82, 2.24) is 10.3 Å². The maximum absolute atomic E-state index is 13.1. The van der Waals surface area contributed by atoms with E-state index in [1.807, 2.05) is 0 Å². The number of nitrogens with one attached hydrogen (secondary N) is 4. The second-order valence-corrected chi connectivity index (χ2v) is 8.19. The van der Waals surface area contributed by atoms with Gasteiger partial charge in [0.2, 0.25) is 11.5 Å². The molecule has 0 bridgehead atoms. The number of amides is 2. The molecule has 13 heteroatoms. The molecule has 1 atom stereocenters. The Bertz CT molecular complexity index is 1430. The minimum Gasteiger partial charge on any atom is -0.433 e. The minimum absolute atomic E-state index is 0.139. The Morgan fingerprint density at radius 3 is 2.70 bits per heavy atom. The normalized spacial score (nSPS) is 13.3. The number of fused-ring (bicyclic) bond motifs is 2. The predicted octanol–water partition coefficient (Wildman–Crippen LogP) is 1.27. The number of H-pyrrole nitrogens is 1. The van der Waals surface area contributed by atoms with Crippen LogP contribution in [0.25, 0.3) is 10.9 Å². The first-order chi connectivity index (χ1) is 17.7. The van der Waals surface area contributed by atoms with Crippen molar-refractivity contribution in [3.8, 4) is 5.75 Å². The van der Waals surface area contributed by atoms with E-state index in [2.05, 4.69) is 20.4 Å².